The zero-order valence-electron chi connectivity index (χ0n) is 17.3. The number of rotatable bonds is 7. The second-order valence-electron chi connectivity index (χ2n) is 6.57. The molecule has 1 heterocycles. The van der Waals surface area contributed by atoms with E-state index in [1.807, 2.05) is 0 Å². The molecule has 0 radical (unpaired) electrons. The number of nitrogens with one attached hydrogen (secondary N) is 1. The first kappa shape index (κ1) is 23.4. The van der Waals surface area contributed by atoms with E-state index in [1.165, 1.54) is 42.5 Å². The summed E-state index contributed by atoms with van der Waals surface area (Å²) in [6, 6.07) is 7.05. The second kappa shape index (κ2) is 9.89. The predicted molar refractivity (Wildman–Crippen MR) is 119 cm³/mol. The van der Waals surface area contributed by atoms with Crippen molar-refractivity contribution in [1.29, 1.82) is 0 Å². The fourth-order valence-electron chi connectivity index (χ4n) is 3.00. The number of carboxylic acid groups (broad SMARTS) is 1. The number of urea groups is 1. The standard InChI is InChI=1S/C23H17ClN2O7/c1-3-9-33-19-17(24)11-13(12-18(19)32-4-2)10-16-20(27)25-23(31)26(21(16)28)15-7-5-14(6-8-15)22(29)30/h1,5-8,10-12H,4,9H2,2H3,(H,29,30)(H,25,27,31)/b16-10-. The zero-order valence-corrected chi connectivity index (χ0v) is 18.0. The van der Waals surface area contributed by atoms with Gasteiger partial charge in [-0.05, 0) is 55.0 Å². The highest BCUT2D eigenvalue weighted by molar-refractivity contribution is 6.39. The van der Waals surface area contributed by atoms with Crippen LogP contribution in [-0.4, -0.2) is 42.1 Å². The van der Waals surface area contributed by atoms with Gasteiger partial charge in [0.05, 0.1) is 22.9 Å². The molecule has 3 rings (SSSR count). The van der Waals surface area contributed by atoms with Gasteiger partial charge in [-0.15, -0.1) is 6.42 Å². The first-order valence-corrected chi connectivity index (χ1v) is 9.92. The lowest BCUT2D eigenvalue weighted by Gasteiger charge is -2.26. The van der Waals surface area contributed by atoms with E-state index in [0.29, 0.717) is 5.56 Å². The Morgan fingerprint density at radius 1 is 1.21 bits per heavy atom. The van der Waals surface area contributed by atoms with Crippen molar-refractivity contribution in [2.75, 3.05) is 18.1 Å². The Labute approximate surface area is 193 Å². The fourth-order valence-corrected chi connectivity index (χ4v) is 3.27. The van der Waals surface area contributed by atoms with Crippen LogP contribution in [0.3, 0.4) is 0 Å². The van der Waals surface area contributed by atoms with Crippen molar-refractivity contribution in [3.8, 4) is 23.8 Å². The van der Waals surface area contributed by atoms with Crippen LogP contribution in [0.1, 0.15) is 22.8 Å². The number of ether oxygens (including phenoxy) is 2. The van der Waals surface area contributed by atoms with Crippen LogP contribution < -0.4 is 19.7 Å². The summed E-state index contributed by atoms with van der Waals surface area (Å²) in [6.07, 6.45) is 6.47. The van der Waals surface area contributed by atoms with Crippen molar-refractivity contribution in [2.45, 2.75) is 6.92 Å². The van der Waals surface area contributed by atoms with Gasteiger partial charge in [0.15, 0.2) is 11.5 Å². The van der Waals surface area contributed by atoms with Gasteiger partial charge < -0.3 is 14.6 Å². The van der Waals surface area contributed by atoms with Crippen molar-refractivity contribution in [3.63, 3.8) is 0 Å². The number of carbonyl (C=O) groups is 4. The van der Waals surface area contributed by atoms with E-state index in [2.05, 4.69) is 11.2 Å². The molecule has 1 saturated heterocycles. The van der Waals surface area contributed by atoms with Gasteiger partial charge in [-0.1, -0.05) is 17.5 Å². The molecular weight excluding hydrogens is 452 g/mol. The molecule has 0 atom stereocenters. The maximum Gasteiger partial charge on any atom is 0.335 e. The van der Waals surface area contributed by atoms with Gasteiger partial charge in [-0.3, -0.25) is 14.9 Å². The smallest absolute Gasteiger partial charge is 0.335 e. The summed E-state index contributed by atoms with van der Waals surface area (Å²) < 4.78 is 10.9. The Bertz CT molecular complexity index is 1210. The monoisotopic (exact) mass is 468 g/mol. The molecule has 10 heteroatoms. The number of halogens is 1. The largest absolute Gasteiger partial charge is 0.490 e. The third-order valence-corrected chi connectivity index (χ3v) is 4.70. The van der Waals surface area contributed by atoms with Crippen LogP contribution in [0.15, 0.2) is 42.0 Å². The summed E-state index contributed by atoms with van der Waals surface area (Å²) in [7, 11) is 0. The van der Waals surface area contributed by atoms with Gasteiger partial charge in [-0.2, -0.15) is 0 Å². The summed E-state index contributed by atoms with van der Waals surface area (Å²) in [5, 5.41) is 11.3. The molecule has 33 heavy (non-hydrogen) atoms. The van der Waals surface area contributed by atoms with Gasteiger partial charge >= 0.3 is 12.0 Å². The highest BCUT2D eigenvalue weighted by atomic mass is 35.5. The topological polar surface area (TPSA) is 122 Å². The van der Waals surface area contributed by atoms with Crippen molar-refractivity contribution < 1.29 is 33.8 Å². The van der Waals surface area contributed by atoms with Crippen LogP contribution in [0, 0.1) is 12.3 Å². The van der Waals surface area contributed by atoms with Crippen LogP contribution in [0.5, 0.6) is 11.5 Å². The molecular formula is C23H17ClN2O7. The van der Waals surface area contributed by atoms with Gasteiger partial charge in [0.25, 0.3) is 11.8 Å². The lowest BCUT2D eigenvalue weighted by Crippen LogP contribution is -2.54. The lowest BCUT2D eigenvalue weighted by molar-refractivity contribution is -0.122. The van der Waals surface area contributed by atoms with E-state index in [1.54, 1.807) is 6.92 Å². The second-order valence-corrected chi connectivity index (χ2v) is 6.97. The minimum atomic E-state index is -1.16. The molecule has 0 aliphatic carbocycles. The Hall–Kier alpha value is -4.29. The predicted octanol–water partition coefficient (Wildman–Crippen LogP) is 3.12. The Kier molecular flexibility index (Phi) is 7.00. The van der Waals surface area contributed by atoms with Crippen molar-refractivity contribution in [1.82, 2.24) is 5.32 Å². The molecule has 9 nitrogen and oxygen atoms in total. The lowest BCUT2D eigenvalue weighted by atomic mass is 10.1. The highest BCUT2D eigenvalue weighted by Gasteiger charge is 2.37. The molecule has 2 N–H and O–H groups in total. The van der Waals surface area contributed by atoms with Crippen LogP contribution in [-0.2, 0) is 9.59 Å². The van der Waals surface area contributed by atoms with E-state index < -0.39 is 23.8 Å². The van der Waals surface area contributed by atoms with Crippen LogP contribution >= 0.6 is 11.6 Å². The van der Waals surface area contributed by atoms with E-state index in [9.17, 15) is 19.2 Å². The summed E-state index contributed by atoms with van der Waals surface area (Å²) in [5.41, 5.74) is 0.0610. The minimum Gasteiger partial charge on any atom is -0.490 e. The van der Waals surface area contributed by atoms with E-state index in [4.69, 9.17) is 32.6 Å². The number of nitrogens with zero attached hydrogens (tertiary/aromatic N) is 1. The zero-order chi connectivity index (χ0) is 24.1. The first-order chi connectivity index (χ1) is 15.8. The molecule has 1 fully saturated rings. The van der Waals surface area contributed by atoms with Crippen LogP contribution in [0.4, 0.5) is 10.5 Å². The summed E-state index contributed by atoms with van der Waals surface area (Å²) in [4.78, 5) is 49.5. The number of barbiturate groups is 1. The summed E-state index contributed by atoms with van der Waals surface area (Å²) >= 11 is 6.28. The quantitative estimate of drug-likeness (QED) is 0.363. The average molecular weight is 469 g/mol. The van der Waals surface area contributed by atoms with E-state index >= 15 is 0 Å². The number of hydrogen-bond acceptors (Lipinski definition) is 6. The molecule has 0 unspecified atom stereocenters. The number of benzene rings is 2. The van der Waals surface area contributed by atoms with Crippen molar-refractivity contribution in [2.24, 2.45) is 0 Å². The molecule has 0 bridgehead atoms. The Morgan fingerprint density at radius 3 is 2.52 bits per heavy atom. The Balaban J connectivity index is 2.00. The molecule has 4 amide bonds. The molecule has 1 aliphatic heterocycles. The molecule has 1 aliphatic rings. The third-order valence-electron chi connectivity index (χ3n) is 4.42. The van der Waals surface area contributed by atoms with E-state index in [0.717, 1.165) is 4.90 Å². The number of hydrogen-bond donors (Lipinski definition) is 2. The normalized spacial score (nSPS) is 14.6. The third kappa shape index (κ3) is 4.97. The van der Waals surface area contributed by atoms with Crippen molar-refractivity contribution in [3.05, 3.63) is 58.1 Å². The van der Waals surface area contributed by atoms with E-state index in [-0.39, 0.29) is 46.6 Å². The van der Waals surface area contributed by atoms with Gasteiger partial charge in [0.1, 0.15) is 12.2 Å². The number of anilines is 1. The highest BCUT2D eigenvalue weighted by Crippen LogP contribution is 2.37. The SMILES string of the molecule is C#CCOc1c(Cl)cc(/C=C2/C(=O)NC(=O)N(c3ccc(C(=O)O)cc3)C2=O)cc1OCC. The molecule has 2 aromatic carbocycles. The van der Waals surface area contributed by atoms with Gasteiger partial charge in [0.2, 0.25) is 0 Å². The number of aromatic carboxylic acids is 1. The van der Waals surface area contributed by atoms with Crippen molar-refractivity contribution >= 4 is 47.2 Å². The first-order valence-electron chi connectivity index (χ1n) is 9.54. The maximum absolute atomic E-state index is 13.0. The fraction of sp³-hybridized carbons (Fsp3) is 0.130. The average Bonchev–Trinajstić information content (AvgIpc) is 2.76. The van der Waals surface area contributed by atoms with Gasteiger partial charge in [-0.25, -0.2) is 14.5 Å². The number of imide groups is 2. The summed E-state index contributed by atoms with van der Waals surface area (Å²) in [5.74, 6) is -0.160. The molecule has 0 aromatic heterocycles. The van der Waals surface area contributed by atoms with Crippen LogP contribution in [0.25, 0.3) is 6.08 Å². The number of terminal acetylenes is 1. The van der Waals surface area contributed by atoms with Crippen LogP contribution in [0.2, 0.25) is 5.02 Å². The number of carboxylic acids is 1. The Morgan fingerprint density at radius 2 is 1.91 bits per heavy atom. The van der Waals surface area contributed by atoms with Gasteiger partial charge in [0, 0.05) is 0 Å². The molecule has 0 spiro atoms. The number of carbonyl (C=O) groups excluding carboxylic acids is 3. The minimum absolute atomic E-state index is 0.0271. The summed E-state index contributed by atoms with van der Waals surface area (Å²) in [6.45, 7) is 2.00. The molecule has 0 saturated carbocycles. The maximum atomic E-state index is 13.0. The molecule has 168 valence electrons. The molecule has 2 aromatic rings. The number of amides is 4.